The summed E-state index contributed by atoms with van der Waals surface area (Å²) in [5.74, 6) is -0.0305. The lowest BCUT2D eigenvalue weighted by molar-refractivity contribution is 0.0996. The zero-order chi connectivity index (χ0) is 14.7. The van der Waals surface area contributed by atoms with Gasteiger partial charge in [0.1, 0.15) is 12.4 Å². The van der Waals surface area contributed by atoms with Crippen molar-refractivity contribution in [2.45, 2.75) is 6.61 Å². The predicted molar refractivity (Wildman–Crippen MR) is 81.0 cm³/mol. The third-order valence-electron chi connectivity index (χ3n) is 3.18. The first-order chi connectivity index (χ1) is 10.2. The molecular formula is C17H14N2O2. The number of amides is 1. The molecule has 1 amide bonds. The number of rotatable bonds is 4. The minimum Gasteiger partial charge on any atom is -0.486 e. The number of primary amides is 1. The van der Waals surface area contributed by atoms with Crippen molar-refractivity contribution in [1.29, 1.82) is 0 Å². The lowest BCUT2D eigenvalue weighted by Gasteiger charge is -2.09. The SMILES string of the molecule is NC(=O)c1ccccc1OCc1ccc2ccccc2n1. The molecule has 3 rings (SSSR count). The maximum Gasteiger partial charge on any atom is 0.252 e. The lowest BCUT2D eigenvalue weighted by atomic mass is 10.2. The Hall–Kier alpha value is -2.88. The van der Waals surface area contributed by atoms with Crippen molar-refractivity contribution < 1.29 is 9.53 Å². The molecule has 0 saturated heterocycles. The molecule has 0 saturated carbocycles. The second-order valence-corrected chi connectivity index (χ2v) is 4.64. The first kappa shape index (κ1) is 13.1. The Kier molecular flexibility index (Phi) is 3.51. The molecule has 3 aromatic rings. The molecule has 0 spiro atoms. The number of carbonyl (C=O) groups excluding carboxylic acids is 1. The van der Waals surface area contributed by atoms with Crippen LogP contribution in [-0.4, -0.2) is 10.9 Å². The van der Waals surface area contributed by atoms with Crippen LogP contribution in [0.1, 0.15) is 16.1 Å². The molecule has 0 unspecified atom stereocenters. The van der Waals surface area contributed by atoms with Crippen LogP contribution in [0.2, 0.25) is 0 Å². The van der Waals surface area contributed by atoms with Gasteiger partial charge in [-0.2, -0.15) is 0 Å². The van der Waals surface area contributed by atoms with Crippen molar-refractivity contribution in [1.82, 2.24) is 4.98 Å². The number of nitrogens with two attached hydrogens (primary N) is 1. The number of carbonyl (C=O) groups is 1. The molecule has 21 heavy (non-hydrogen) atoms. The van der Waals surface area contributed by atoms with Crippen molar-refractivity contribution in [3.05, 3.63) is 71.9 Å². The van der Waals surface area contributed by atoms with Gasteiger partial charge in [-0.3, -0.25) is 4.79 Å². The van der Waals surface area contributed by atoms with E-state index >= 15 is 0 Å². The van der Waals surface area contributed by atoms with Crippen LogP contribution in [0.15, 0.2) is 60.7 Å². The molecule has 2 N–H and O–H groups in total. The topological polar surface area (TPSA) is 65.2 Å². The zero-order valence-corrected chi connectivity index (χ0v) is 11.3. The quantitative estimate of drug-likeness (QED) is 0.798. The van der Waals surface area contributed by atoms with E-state index in [4.69, 9.17) is 10.5 Å². The Labute approximate surface area is 122 Å². The number of benzene rings is 2. The Bertz CT molecular complexity index is 799. The molecule has 2 aromatic carbocycles. The monoisotopic (exact) mass is 278 g/mol. The second-order valence-electron chi connectivity index (χ2n) is 4.64. The predicted octanol–water partition coefficient (Wildman–Crippen LogP) is 2.91. The Morgan fingerprint density at radius 1 is 1.00 bits per heavy atom. The van der Waals surface area contributed by atoms with Crippen molar-refractivity contribution >= 4 is 16.8 Å². The molecule has 0 aliphatic heterocycles. The van der Waals surface area contributed by atoms with E-state index < -0.39 is 5.91 Å². The molecule has 0 bridgehead atoms. The van der Waals surface area contributed by atoms with E-state index in [0.717, 1.165) is 16.6 Å². The van der Waals surface area contributed by atoms with E-state index in [1.54, 1.807) is 24.3 Å². The molecule has 104 valence electrons. The van der Waals surface area contributed by atoms with Gasteiger partial charge in [-0.1, -0.05) is 36.4 Å². The van der Waals surface area contributed by atoms with E-state index in [2.05, 4.69) is 4.98 Å². The van der Waals surface area contributed by atoms with Gasteiger partial charge in [0.05, 0.1) is 16.8 Å². The van der Waals surface area contributed by atoms with E-state index in [9.17, 15) is 4.79 Å². The summed E-state index contributed by atoms with van der Waals surface area (Å²) in [6.07, 6.45) is 0. The zero-order valence-electron chi connectivity index (χ0n) is 11.3. The average molecular weight is 278 g/mol. The molecule has 4 heteroatoms. The first-order valence-corrected chi connectivity index (χ1v) is 6.60. The fourth-order valence-electron chi connectivity index (χ4n) is 2.14. The van der Waals surface area contributed by atoms with E-state index in [1.807, 2.05) is 36.4 Å². The van der Waals surface area contributed by atoms with Crippen LogP contribution < -0.4 is 10.5 Å². The molecule has 4 nitrogen and oxygen atoms in total. The fourth-order valence-corrected chi connectivity index (χ4v) is 2.14. The molecule has 0 radical (unpaired) electrons. The highest BCUT2D eigenvalue weighted by atomic mass is 16.5. The van der Waals surface area contributed by atoms with Gasteiger partial charge in [-0.05, 0) is 24.3 Å². The summed E-state index contributed by atoms with van der Waals surface area (Å²) in [6, 6.07) is 18.7. The summed E-state index contributed by atoms with van der Waals surface area (Å²) in [6.45, 7) is 0.287. The van der Waals surface area contributed by atoms with Crippen molar-refractivity contribution in [2.24, 2.45) is 5.73 Å². The number of aromatic nitrogens is 1. The van der Waals surface area contributed by atoms with Gasteiger partial charge < -0.3 is 10.5 Å². The van der Waals surface area contributed by atoms with Gasteiger partial charge in [0.15, 0.2) is 0 Å². The number of nitrogens with zero attached hydrogens (tertiary/aromatic N) is 1. The van der Waals surface area contributed by atoms with Crippen LogP contribution in [0, 0.1) is 0 Å². The van der Waals surface area contributed by atoms with Gasteiger partial charge >= 0.3 is 0 Å². The van der Waals surface area contributed by atoms with Crippen LogP contribution in [0.5, 0.6) is 5.75 Å². The Balaban J connectivity index is 1.82. The third-order valence-corrected chi connectivity index (χ3v) is 3.18. The third kappa shape index (κ3) is 2.84. The van der Waals surface area contributed by atoms with Crippen LogP contribution >= 0.6 is 0 Å². The number of ether oxygens (including phenoxy) is 1. The molecule has 1 heterocycles. The molecule has 1 aromatic heterocycles. The summed E-state index contributed by atoms with van der Waals surface area (Å²) in [5.41, 5.74) is 7.41. The van der Waals surface area contributed by atoms with Crippen LogP contribution in [-0.2, 0) is 6.61 Å². The van der Waals surface area contributed by atoms with E-state index in [0.29, 0.717) is 11.3 Å². The van der Waals surface area contributed by atoms with Crippen LogP contribution in [0.25, 0.3) is 10.9 Å². The van der Waals surface area contributed by atoms with Gasteiger partial charge in [0, 0.05) is 5.39 Å². The smallest absolute Gasteiger partial charge is 0.252 e. The minimum absolute atomic E-state index is 0.287. The molecule has 0 fully saturated rings. The summed E-state index contributed by atoms with van der Waals surface area (Å²) < 4.78 is 5.67. The highest BCUT2D eigenvalue weighted by Crippen LogP contribution is 2.19. The summed E-state index contributed by atoms with van der Waals surface area (Å²) >= 11 is 0. The van der Waals surface area contributed by atoms with Crippen LogP contribution in [0.3, 0.4) is 0 Å². The van der Waals surface area contributed by atoms with Crippen molar-refractivity contribution in [3.8, 4) is 5.75 Å². The molecule has 0 aliphatic carbocycles. The number of para-hydroxylation sites is 2. The van der Waals surface area contributed by atoms with Gasteiger partial charge in [0.25, 0.3) is 5.91 Å². The highest BCUT2D eigenvalue weighted by Gasteiger charge is 2.08. The maximum atomic E-state index is 11.3. The summed E-state index contributed by atoms with van der Waals surface area (Å²) in [5, 5.41) is 1.08. The van der Waals surface area contributed by atoms with E-state index in [-0.39, 0.29) is 6.61 Å². The Morgan fingerprint density at radius 2 is 1.76 bits per heavy atom. The van der Waals surface area contributed by atoms with Gasteiger partial charge in [0.2, 0.25) is 0 Å². The minimum atomic E-state index is -0.503. The van der Waals surface area contributed by atoms with Gasteiger partial charge in [-0.15, -0.1) is 0 Å². The normalized spacial score (nSPS) is 10.5. The average Bonchev–Trinajstić information content (AvgIpc) is 2.53. The second kappa shape index (κ2) is 5.63. The highest BCUT2D eigenvalue weighted by molar-refractivity contribution is 5.95. The van der Waals surface area contributed by atoms with Crippen molar-refractivity contribution in [3.63, 3.8) is 0 Å². The number of fused-ring (bicyclic) bond motifs is 1. The van der Waals surface area contributed by atoms with Crippen molar-refractivity contribution in [2.75, 3.05) is 0 Å². The van der Waals surface area contributed by atoms with Gasteiger partial charge in [-0.25, -0.2) is 4.98 Å². The Morgan fingerprint density at radius 3 is 2.62 bits per heavy atom. The summed E-state index contributed by atoms with van der Waals surface area (Å²) in [4.78, 5) is 15.9. The summed E-state index contributed by atoms with van der Waals surface area (Å²) in [7, 11) is 0. The standard InChI is InChI=1S/C17H14N2O2/c18-17(20)14-6-2-4-8-16(14)21-11-13-10-9-12-5-1-3-7-15(12)19-13/h1-10H,11H2,(H2,18,20). The lowest BCUT2D eigenvalue weighted by Crippen LogP contribution is -2.13. The maximum absolute atomic E-state index is 11.3. The largest absolute Gasteiger partial charge is 0.486 e. The number of pyridine rings is 1. The molecular weight excluding hydrogens is 264 g/mol. The molecule has 0 aliphatic rings. The number of hydrogen-bond acceptors (Lipinski definition) is 3. The van der Waals surface area contributed by atoms with E-state index in [1.165, 1.54) is 0 Å². The fraction of sp³-hybridized carbons (Fsp3) is 0.0588. The van der Waals surface area contributed by atoms with Crippen LogP contribution in [0.4, 0.5) is 0 Å². The first-order valence-electron chi connectivity index (χ1n) is 6.60. The molecule has 0 atom stereocenters. The number of hydrogen-bond donors (Lipinski definition) is 1.